The summed E-state index contributed by atoms with van der Waals surface area (Å²) in [5.74, 6) is -1.25. The SMILES string of the molecule is O=C(Cl)C(Nc1cc(F)ccc1F)c1ccccc1. The molecule has 0 aromatic heterocycles. The number of hydrogen-bond acceptors (Lipinski definition) is 2. The first-order valence-corrected chi connectivity index (χ1v) is 5.91. The average molecular weight is 282 g/mol. The average Bonchev–Trinajstić information content (AvgIpc) is 2.40. The smallest absolute Gasteiger partial charge is 0.248 e. The number of benzene rings is 2. The Bertz CT molecular complexity index is 589. The highest BCUT2D eigenvalue weighted by atomic mass is 35.5. The minimum Gasteiger partial charge on any atom is -0.368 e. The second-order valence-corrected chi connectivity index (χ2v) is 4.29. The third-order valence-corrected chi connectivity index (χ3v) is 2.81. The summed E-state index contributed by atoms with van der Waals surface area (Å²) in [6.45, 7) is 0. The van der Waals surface area contributed by atoms with Gasteiger partial charge in [0.2, 0.25) is 5.24 Å². The van der Waals surface area contributed by atoms with Crippen molar-refractivity contribution in [3.8, 4) is 0 Å². The molecule has 0 aliphatic carbocycles. The van der Waals surface area contributed by atoms with Crippen LogP contribution in [0.5, 0.6) is 0 Å². The third-order valence-electron chi connectivity index (χ3n) is 2.59. The van der Waals surface area contributed by atoms with Gasteiger partial charge in [-0.15, -0.1) is 0 Å². The molecule has 2 rings (SSSR count). The number of halogens is 3. The predicted octanol–water partition coefficient (Wildman–Crippen LogP) is 3.88. The molecule has 0 aliphatic heterocycles. The molecule has 1 unspecified atom stereocenters. The summed E-state index contributed by atoms with van der Waals surface area (Å²) in [4.78, 5) is 11.4. The van der Waals surface area contributed by atoms with Crippen molar-refractivity contribution in [3.05, 3.63) is 65.7 Å². The van der Waals surface area contributed by atoms with Crippen LogP contribution in [0.25, 0.3) is 0 Å². The monoisotopic (exact) mass is 281 g/mol. The molecule has 1 N–H and O–H groups in total. The standard InChI is InChI=1S/C14H10ClF2NO/c15-14(19)13(9-4-2-1-3-5-9)18-12-8-10(16)6-7-11(12)17/h1-8,13,18H. The topological polar surface area (TPSA) is 29.1 Å². The van der Waals surface area contributed by atoms with Gasteiger partial charge in [-0.05, 0) is 35.4 Å². The lowest BCUT2D eigenvalue weighted by Gasteiger charge is -2.17. The molecule has 0 spiro atoms. The molecule has 0 heterocycles. The fraction of sp³-hybridized carbons (Fsp3) is 0.0714. The molecule has 98 valence electrons. The molecule has 1 atom stereocenters. The zero-order chi connectivity index (χ0) is 13.8. The van der Waals surface area contributed by atoms with Crippen LogP contribution in [0.3, 0.4) is 0 Å². The maximum absolute atomic E-state index is 13.5. The van der Waals surface area contributed by atoms with Crippen molar-refractivity contribution in [2.24, 2.45) is 0 Å². The van der Waals surface area contributed by atoms with Gasteiger partial charge >= 0.3 is 0 Å². The van der Waals surface area contributed by atoms with E-state index in [1.165, 1.54) is 0 Å². The Kier molecular flexibility index (Phi) is 4.12. The first kappa shape index (κ1) is 13.5. The molecular weight excluding hydrogens is 272 g/mol. The van der Waals surface area contributed by atoms with E-state index >= 15 is 0 Å². The van der Waals surface area contributed by atoms with Crippen molar-refractivity contribution in [3.63, 3.8) is 0 Å². The second kappa shape index (κ2) is 5.80. The van der Waals surface area contributed by atoms with Crippen LogP contribution in [0.1, 0.15) is 11.6 Å². The van der Waals surface area contributed by atoms with Crippen molar-refractivity contribution in [1.29, 1.82) is 0 Å². The Hall–Kier alpha value is -1.94. The maximum atomic E-state index is 13.5. The highest BCUT2D eigenvalue weighted by Crippen LogP contribution is 2.24. The Morgan fingerprint density at radius 2 is 1.79 bits per heavy atom. The predicted molar refractivity (Wildman–Crippen MR) is 70.0 cm³/mol. The van der Waals surface area contributed by atoms with Gasteiger partial charge in [0, 0.05) is 0 Å². The largest absolute Gasteiger partial charge is 0.368 e. The lowest BCUT2D eigenvalue weighted by Crippen LogP contribution is -2.17. The Balaban J connectivity index is 2.32. The van der Waals surface area contributed by atoms with Gasteiger partial charge in [-0.3, -0.25) is 4.79 Å². The molecule has 0 radical (unpaired) electrons. The van der Waals surface area contributed by atoms with Crippen LogP contribution in [-0.4, -0.2) is 5.24 Å². The summed E-state index contributed by atoms with van der Waals surface area (Å²) in [5.41, 5.74) is 0.467. The Labute approximate surface area is 114 Å². The maximum Gasteiger partial charge on any atom is 0.248 e. The van der Waals surface area contributed by atoms with E-state index in [0.29, 0.717) is 5.56 Å². The molecule has 5 heteroatoms. The van der Waals surface area contributed by atoms with E-state index in [1.54, 1.807) is 30.3 Å². The quantitative estimate of drug-likeness (QED) is 0.862. The molecule has 0 saturated carbocycles. The van der Waals surface area contributed by atoms with E-state index < -0.39 is 22.9 Å². The minimum absolute atomic E-state index is 0.108. The molecule has 0 fully saturated rings. The van der Waals surface area contributed by atoms with E-state index in [0.717, 1.165) is 18.2 Å². The number of carbonyl (C=O) groups is 1. The van der Waals surface area contributed by atoms with Crippen LogP contribution in [-0.2, 0) is 4.79 Å². The van der Waals surface area contributed by atoms with Crippen LogP contribution >= 0.6 is 11.6 Å². The highest BCUT2D eigenvalue weighted by Gasteiger charge is 2.19. The normalized spacial score (nSPS) is 11.9. The number of hydrogen-bond donors (Lipinski definition) is 1. The van der Waals surface area contributed by atoms with E-state index in [4.69, 9.17) is 11.6 Å². The molecule has 2 aromatic carbocycles. The Morgan fingerprint density at radius 1 is 1.11 bits per heavy atom. The van der Waals surface area contributed by atoms with Crippen LogP contribution in [0.15, 0.2) is 48.5 Å². The number of rotatable bonds is 4. The molecule has 0 aliphatic rings. The van der Waals surface area contributed by atoms with Crippen molar-refractivity contribution in [2.45, 2.75) is 6.04 Å². The molecule has 2 aromatic rings. The molecular formula is C14H10ClF2NO. The van der Waals surface area contributed by atoms with E-state index in [1.807, 2.05) is 0 Å². The van der Waals surface area contributed by atoms with Crippen molar-refractivity contribution in [2.75, 3.05) is 5.32 Å². The molecule has 0 saturated heterocycles. The molecule has 0 bridgehead atoms. The summed E-state index contributed by atoms with van der Waals surface area (Å²) in [6.07, 6.45) is 0. The zero-order valence-corrected chi connectivity index (χ0v) is 10.5. The van der Waals surface area contributed by atoms with E-state index in [9.17, 15) is 13.6 Å². The van der Waals surface area contributed by atoms with Gasteiger partial charge < -0.3 is 5.32 Å². The summed E-state index contributed by atoms with van der Waals surface area (Å²) < 4.78 is 26.6. The molecule has 0 amide bonds. The lowest BCUT2D eigenvalue weighted by molar-refractivity contribution is -0.112. The number of carbonyl (C=O) groups excluding carboxylic acids is 1. The van der Waals surface area contributed by atoms with Crippen LogP contribution in [0, 0.1) is 11.6 Å². The van der Waals surface area contributed by atoms with Crippen LogP contribution < -0.4 is 5.32 Å². The van der Waals surface area contributed by atoms with Gasteiger partial charge in [0.1, 0.15) is 17.7 Å². The van der Waals surface area contributed by atoms with E-state index in [2.05, 4.69) is 5.32 Å². The van der Waals surface area contributed by atoms with Gasteiger partial charge in [0.25, 0.3) is 0 Å². The number of nitrogens with one attached hydrogen (secondary N) is 1. The van der Waals surface area contributed by atoms with Crippen LogP contribution in [0.2, 0.25) is 0 Å². The summed E-state index contributed by atoms with van der Waals surface area (Å²) in [6, 6.07) is 10.6. The number of anilines is 1. The summed E-state index contributed by atoms with van der Waals surface area (Å²) in [5, 5.41) is 1.91. The molecule has 2 nitrogen and oxygen atoms in total. The Morgan fingerprint density at radius 3 is 2.42 bits per heavy atom. The van der Waals surface area contributed by atoms with Gasteiger partial charge in [0.05, 0.1) is 5.69 Å². The fourth-order valence-electron chi connectivity index (χ4n) is 1.68. The zero-order valence-electron chi connectivity index (χ0n) is 9.74. The third kappa shape index (κ3) is 3.29. The van der Waals surface area contributed by atoms with Crippen molar-refractivity contribution in [1.82, 2.24) is 0 Å². The first-order valence-electron chi connectivity index (χ1n) is 5.54. The van der Waals surface area contributed by atoms with E-state index in [-0.39, 0.29) is 5.69 Å². The summed E-state index contributed by atoms with van der Waals surface area (Å²) in [7, 11) is 0. The fourth-order valence-corrected chi connectivity index (χ4v) is 1.86. The van der Waals surface area contributed by atoms with Gasteiger partial charge in [0.15, 0.2) is 0 Å². The van der Waals surface area contributed by atoms with Gasteiger partial charge in [-0.1, -0.05) is 30.3 Å². The van der Waals surface area contributed by atoms with Crippen LogP contribution in [0.4, 0.5) is 14.5 Å². The minimum atomic E-state index is -0.931. The lowest BCUT2D eigenvalue weighted by atomic mass is 10.1. The first-order chi connectivity index (χ1) is 9.08. The van der Waals surface area contributed by atoms with Crippen molar-refractivity contribution < 1.29 is 13.6 Å². The second-order valence-electron chi connectivity index (χ2n) is 3.92. The van der Waals surface area contributed by atoms with Crippen molar-refractivity contribution >= 4 is 22.5 Å². The van der Waals surface area contributed by atoms with Gasteiger partial charge in [-0.2, -0.15) is 0 Å². The molecule has 19 heavy (non-hydrogen) atoms. The summed E-state index contributed by atoms with van der Waals surface area (Å²) >= 11 is 5.50. The van der Waals surface area contributed by atoms with Gasteiger partial charge in [-0.25, -0.2) is 8.78 Å². The highest BCUT2D eigenvalue weighted by molar-refractivity contribution is 6.64.